The molecule has 0 aliphatic carbocycles. The number of carbonyl (C=O) groups is 2. The number of likely N-dealkylation sites (N-methyl/N-ethyl adjacent to an activating group) is 1. The lowest BCUT2D eigenvalue weighted by atomic mass is 9.95. The van der Waals surface area contributed by atoms with Gasteiger partial charge in [-0.1, -0.05) is 23.4 Å². The molecular formula is C21H17F3N4O3. The Morgan fingerprint density at radius 2 is 1.90 bits per heavy atom. The molecule has 0 fully saturated rings. The Kier molecular flexibility index (Phi) is 5.10. The van der Waals surface area contributed by atoms with E-state index in [9.17, 15) is 27.9 Å². The molecule has 3 aromatic rings. The number of hydrogen-bond donors (Lipinski definition) is 1. The van der Waals surface area contributed by atoms with Crippen LogP contribution >= 0.6 is 0 Å². The Labute approximate surface area is 174 Å². The average Bonchev–Trinajstić information content (AvgIpc) is 3.20. The molecule has 0 saturated heterocycles. The van der Waals surface area contributed by atoms with Crippen LogP contribution in [0.25, 0.3) is 11.3 Å². The summed E-state index contributed by atoms with van der Waals surface area (Å²) in [6, 6.07) is 9.73. The molecule has 0 spiro atoms. The number of alkyl halides is 3. The fraction of sp³-hybridized carbons (Fsp3) is 0.238. The molecule has 1 amide bonds. The second-order valence-corrected chi connectivity index (χ2v) is 7.08. The van der Waals surface area contributed by atoms with Crippen molar-refractivity contribution in [2.45, 2.75) is 25.7 Å². The van der Waals surface area contributed by atoms with Crippen molar-refractivity contribution in [3.05, 3.63) is 65.4 Å². The Bertz CT molecular complexity index is 1170. The number of anilines is 1. The summed E-state index contributed by atoms with van der Waals surface area (Å²) in [5.74, 6) is -1.36. The van der Waals surface area contributed by atoms with Crippen molar-refractivity contribution >= 4 is 17.4 Å². The maximum absolute atomic E-state index is 12.9. The van der Waals surface area contributed by atoms with Gasteiger partial charge >= 0.3 is 6.18 Å². The lowest BCUT2D eigenvalue weighted by Gasteiger charge is -2.30. The van der Waals surface area contributed by atoms with Gasteiger partial charge in [0, 0.05) is 17.7 Å². The summed E-state index contributed by atoms with van der Waals surface area (Å²) in [7, 11) is 0. The number of aromatic nitrogens is 3. The number of ketones is 1. The third kappa shape index (κ3) is 3.81. The van der Waals surface area contributed by atoms with Crippen molar-refractivity contribution in [1.82, 2.24) is 15.0 Å². The van der Waals surface area contributed by atoms with E-state index >= 15 is 0 Å². The van der Waals surface area contributed by atoms with Crippen LogP contribution < -0.4 is 4.90 Å². The van der Waals surface area contributed by atoms with Gasteiger partial charge in [-0.05, 0) is 36.8 Å². The molecule has 7 nitrogen and oxygen atoms in total. The summed E-state index contributed by atoms with van der Waals surface area (Å²) in [6.07, 6.45) is -4.63. The van der Waals surface area contributed by atoms with Gasteiger partial charge in [0.15, 0.2) is 6.10 Å². The Hall–Kier alpha value is -3.53. The van der Waals surface area contributed by atoms with E-state index in [1.54, 1.807) is 31.3 Å². The molecular weight excluding hydrogens is 413 g/mol. The zero-order chi connectivity index (χ0) is 22.3. The zero-order valence-electron chi connectivity index (χ0n) is 16.3. The number of aliphatic hydroxyl groups is 1. The fourth-order valence-electron chi connectivity index (χ4n) is 3.52. The molecule has 1 atom stereocenters. The van der Waals surface area contributed by atoms with Crippen LogP contribution in [0.1, 0.15) is 28.4 Å². The van der Waals surface area contributed by atoms with E-state index in [0.717, 1.165) is 12.1 Å². The molecule has 1 N–H and O–H groups in total. The number of rotatable bonds is 4. The molecule has 10 heteroatoms. The number of amides is 1. The minimum absolute atomic E-state index is 0.0810. The first-order chi connectivity index (χ1) is 14.7. The van der Waals surface area contributed by atoms with Gasteiger partial charge in [-0.25, -0.2) is 4.68 Å². The van der Waals surface area contributed by atoms with Crippen molar-refractivity contribution < 1.29 is 27.9 Å². The van der Waals surface area contributed by atoms with E-state index < -0.39 is 29.5 Å². The van der Waals surface area contributed by atoms with E-state index in [2.05, 4.69) is 10.3 Å². The van der Waals surface area contributed by atoms with Crippen molar-refractivity contribution in [1.29, 1.82) is 0 Å². The number of halogens is 3. The van der Waals surface area contributed by atoms with Crippen molar-refractivity contribution in [2.75, 3.05) is 11.4 Å². The molecule has 0 bridgehead atoms. The number of fused-ring (bicyclic) bond motifs is 1. The monoisotopic (exact) mass is 430 g/mol. The van der Waals surface area contributed by atoms with E-state index in [0.29, 0.717) is 29.1 Å². The van der Waals surface area contributed by atoms with Gasteiger partial charge < -0.3 is 10.0 Å². The van der Waals surface area contributed by atoms with Crippen LogP contribution in [-0.2, 0) is 17.5 Å². The average molecular weight is 430 g/mol. The zero-order valence-corrected chi connectivity index (χ0v) is 16.3. The lowest BCUT2D eigenvalue weighted by Crippen LogP contribution is -2.48. The van der Waals surface area contributed by atoms with E-state index in [-0.39, 0.29) is 12.1 Å². The van der Waals surface area contributed by atoms with Crippen molar-refractivity contribution in [2.24, 2.45) is 0 Å². The first kappa shape index (κ1) is 20.7. The van der Waals surface area contributed by atoms with Gasteiger partial charge in [0.25, 0.3) is 5.91 Å². The van der Waals surface area contributed by atoms with Crippen LogP contribution in [-0.4, -0.2) is 44.4 Å². The summed E-state index contributed by atoms with van der Waals surface area (Å²) in [5.41, 5.74) is 1.19. The standard InChI is InChI=1S/C21H17F3N4O3/c1-2-28-17-7-6-13(9-15(17)18(29)19(30)20(28)31)16-11-27(26-25-16)10-12-4-3-5-14(8-12)21(22,23)24/h3-9,11,19,30H,2,10H2,1H3. The molecule has 2 aromatic carbocycles. The van der Waals surface area contributed by atoms with Crippen LogP contribution in [0.4, 0.5) is 18.9 Å². The number of benzene rings is 2. The van der Waals surface area contributed by atoms with E-state index in [4.69, 9.17) is 0 Å². The summed E-state index contributed by atoms with van der Waals surface area (Å²) < 4.78 is 40.1. The first-order valence-corrected chi connectivity index (χ1v) is 9.43. The SMILES string of the molecule is CCN1C(=O)C(O)C(=O)c2cc(-c3cn(Cc4cccc(C(F)(F)F)c4)nn3)ccc21. The molecule has 1 unspecified atom stereocenters. The van der Waals surface area contributed by atoms with Gasteiger partial charge in [-0.15, -0.1) is 5.10 Å². The van der Waals surface area contributed by atoms with Gasteiger partial charge in [-0.2, -0.15) is 13.2 Å². The highest BCUT2D eigenvalue weighted by Gasteiger charge is 2.37. The maximum atomic E-state index is 12.9. The number of carbonyl (C=O) groups excluding carboxylic acids is 2. The Balaban J connectivity index is 1.62. The first-order valence-electron chi connectivity index (χ1n) is 9.43. The van der Waals surface area contributed by atoms with Gasteiger partial charge in [0.1, 0.15) is 5.69 Å². The number of hydrogen-bond acceptors (Lipinski definition) is 5. The van der Waals surface area contributed by atoms with E-state index in [1.165, 1.54) is 21.7 Å². The molecule has 1 aromatic heterocycles. The quantitative estimate of drug-likeness (QED) is 0.643. The summed E-state index contributed by atoms with van der Waals surface area (Å²) >= 11 is 0. The Morgan fingerprint density at radius 1 is 1.13 bits per heavy atom. The summed E-state index contributed by atoms with van der Waals surface area (Å²) in [6.45, 7) is 2.11. The minimum atomic E-state index is -4.43. The second-order valence-electron chi connectivity index (χ2n) is 7.08. The van der Waals surface area contributed by atoms with Gasteiger partial charge in [0.05, 0.1) is 24.0 Å². The highest BCUT2D eigenvalue weighted by Crippen LogP contribution is 2.32. The molecule has 0 radical (unpaired) electrons. The molecule has 1 aliphatic heterocycles. The molecule has 1 aliphatic rings. The molecule has 4 rings (SSSR count). The third-order valence-electron chi connectivity index (χ3n) is 5.05. The largest absolute Gasteiger partial charge is 0.416 e. The number of aliphatic hydroxyl groups excluding tert-OH is 1. The van der Waals surface area contributed by atoms with Crippen LogP contribution in [0.15, 0.2) is 48.7 Å². The fourth-order valence-corrected chi connectivity index (χ4v) is 3.52. The predicted molar refractivity (Wildman–Crippen MR) is 104 cm³/mol. The summed E-state index contributed by atoms with van der Waals surface area (Å²) in [4.78, 5) is 25.8. The Morgan fingerprint density at radius 3 is 2.61 bits per heavy atom. The smallest absolute Gasteiger partial charge is 0.376 e. The van der Waals surface area contributed by atoms with Crippen molar-refractivity contribution in [3.8, 4) is 11.3 Å². The second kappa shape index (κ2) is 7.62. The number of nitrogens with zero attached hydrogens (tertiary/aromatic N) is 4. The molecule has 0 saturated carbocycles. The normalized spacial score (nSPS) is 16.5. The third-order valence-corrected chi connectivity index (χ3v) is 5.05. The molecule has 31 heavy (non-hydrogen) atoms. The maximum Gasteiger partial charge on any atom is 0.416 e. The van der Waals surface area contributed by atoms with E-state index in [1.807, 2.05) is 0 Å². The van der Waals surface area contributed by atoms with Crippen molar-refractivity contribution in [3.63, 3.8) is 0 Å². The topological polar surface area (TPSA) is 88.3 Å². The summed E-state index contributed by atoms with van der Waals surface area (Å²) in [5, 5.41) is 17.9. The van der Waals surface area contributed by atoms with Crippen LogP contribution in [0, 0.1) is 0 Å². The molecule has 2 heterocycles. The molecule has 160 valence electrons. The van der Waals surface area contributed by atoms with Crippen LogP contribution in [0.2, 0.25) is 0 Å². The van der Waals surface area contributed by atoms with Gasteiger partial charge in [-0.3, -0.25) is 9.59 Å². The van der Waals surface area contributed by atoms with Crippen LogP contribution in [0.3, 0.4) is 0 Å². The number of Topliss-reactive ketones (excluding diaryl/α,β-unsaturated/α-hetero) is 1. The predicted octanol–water partition coefficient (Wildman–Crippen LogP) is 2.92. The van der Waals surface area contributed by atoms with Gasteiger partial charge in [0.2, 0.25) is 5.78 Å². The highest BCUT2D eigenvalue weighted by atomic mass is 19.4. The lowest BCUT2D eigenvalue weighted by molar-refractivity contribution is -0.137. The van der Waals surface area contributed by atoms with Crippen LogP contribution in [0.5, 0.6) is 0 Å². The highest BCUT2D eigenvalue weighted by molar-refractivity contribution is 6.23. The minimum Gasteiger partial charge on any atom is -0.376 e.